The molecule has 0 unspecified atom stereocenters. The van der Waals surface area contributed by atoms with E-state index in [9.17, 15) is 0 Å². The Hall–Kier alpha value is -1.39. The van der Waals surface area contributed by atoms with Crippen LogP contribution in [-0.2, 0) is 6.42 Å². The van der Waals surface area contributed by atoms with Crippen LogP contribution >= 0.6 is 11.3 Å². The Morgan fingerprint density at radius 3 is 2.71 bits per heavy atom. The molecule has 1 heterocycles. The van der Waals surface area contributed by atoms with Crippen LogP contribution < -0.4 is 10.5 Å². The van der Waals surface area contributed by atoms with Gasteiger partial charge in [0.1, 0.15) is 5.75 Å². The molecular weight excluding hydrogens is 232 g/mol. The van der Waals surface area contributed by atoms with Gasteiger partial charge in [-0.2, -0.15) is 0 Å². The highest BCUT2D eigenvalue weighted by Crippen LogP contribution is 2.24. The first-order valence-electron chi connectivity index (χ1n) is 5.71. The predicted molar refractivity (Wildman–Crippen MR) is 71.5 cm³/mol. The molecule has 0 saturated carbocycles. The summed E-state index contributed by atoms with van der Waals surface area (Å²) in [6.07, 6.45) is 0.849. The summed E-state index contributed by atoms with van der Waals surface area (Å²) in [5.74, 6) is 0.897. The molecule has 0 fully saturated rings. The van der Waals surface area contributed by atoms with Crippen LogP contribution in [0.1, 0.15) is 11.9 Å². The van der Waals surface area contributed by atoms with E-state index in [1.807, 2.05) is 31.2 Å². The van der Waals surface area contributed by atoms with E-state index in [2.05, 4.69) is 10.4 Å². The van der Waals surface area contributed by atoms with Crippen molar-refractivity contribution < 1.29 is 4.74 Å². The number of nitrogens with two attached hydrogens (primary N) is 1. The lowest BCUT2D eigenvalue weighted by atomic mass is 10.2. The molecule has 2 N–H and O–H groups in total. The van der Waals surface area contributed by atoms with Crippen LogP contribution in [0, 0.1) is 0 Å². The number of rotatable bonds is 5. The van der Waals surface area contributed by atoms with Crippen LogP contribution in [0.15, 0.2) is 29.6 Å². The zero-order valence-corrected chi connectivity index (χ0v) is 10.7. The third-order valence-electron chi connectivity index (χ3n) is 2.37. The van der Waals surface area contributed by atoms with Crippen molar-refractivity contribution in [3.05, 3.63) is 34.7 Å². The summed E-state index contributed by atoms with van der Waals surface area (Å²) in [4.78, 5) is 4.54. The molecule has 0 aliphatic rings. The summed E-state index contributed by atoms with van der Waals surface area (Å²) in [7, 11) is 0. The molecule has 1 aromatic heterocycles. The molecule has 0 radical (unpaired) electrons. The van der Waals surface area contributed by atoms with Crippen molar-refractivity contribution in [2.75, 3.05) is 13.2 Å². The number of hydrogen-bond acceptors (Lipinski definition) is 4. The van der Waals surface area contributed by atoms with Gasteiger partial charge < -0.3 is 10.5 Å². The molecule has 0 aliphatic heterocycles. The van der Waals surface area contributed by atoms with Gasteiger partial charge in [0.05, 0.1) is 17.3 Å². The number of ether oxygens (including phenoxy) is 1. The van der Waals surface area contributed by atoms with E-state index >= 15 is 0 Å². The Labute approximate surface area is 105 Å². The molecule has 17 heavy (non-hydrogen) atoms. The molecule has 3 nitrogen and oxygen atoms in total. The number of thiazole rings is 1. The van der Waals surface area contributed by atoms with Gasteiger partial charge in [0.15, 0.2) is 0 Å². The first-order chi connectivity index (χ1) is 8.33. The normalized spacial score (nSPS) is 10.5. The zero-order valence-electron chi connectivity index (χ0n) is 9.85. The smallest absolute Gasteiger partial charge is 0.119 e. The van der Waals surface area contributed by atoms with E-state index in [0.717, 1.165) is 28.4 Å². The Kier molecular flexibility index (Phi) is 4.12. The van der Waals surface area contributed by atoms with E-state index in [1.165, 1.54) is 0 Å². The standard InChI is InChI=1S/C13H16N2OS/c1-2-16-11-5-3-10(4-6-11)12-9-17-13(15-12)7-8-14/h3-6,9H,2,7-8,14H2,1H3. The zero-order chi connectivity index (χ0) is 12.1. The second-order valence-corrected chi connectivity index (χ2v) is 4.57. The van der Waals surface area contributed by atoms with Crippen molar-refractivity contribution in [1.29, 1.82) is 0 Å². The lowest BCUT2D eigenvalue weighted by molar-refractivity contribution is 0.340. The van der Waals surface area contributed by atoms with Crippen LogP contribution in [0.4, 0.5) is 0 Å². The Bertz CT molecular complexity index is 465. The largest absolute Gasteiger partial charge is 0.494 e. The molecule has 1 aromatic carbocycles. The summed E-state index contributed by atoms with van der Waals surface area (Å²) in [6.45, 7) is 3.32. The fourth-order valence-corrected chi connectivity index (χ4v) is 2.39. The molecule has 90 valence electrons. The molecule has 4 heteroatoms. The first-order valence-corrected chi connectivity index (χ1v) is 6.59. The summed E-state index contributed by atoms with van der Waals surface area (Å²) >= 11 is 1.66. The van der Waals surface area contributed by atoms with Gasteiger partial charge in [0.25, 0.3) is 0 Å². The first kappa shape index (κ1) is 12.1. The minimum absolute atomic E-state index is 0.649. The van der Waals surface area contributed by atoms with Gasteiger partial charge >= 0.3 is 0 Å². The molecular formula is C13H16N2OS. The van der Waals surface area contributed by atoms with Crippen molar-refractivity contribution in [1.82, 2.24) is 4.98 Å². The van der Waals surface area contributed by atoms with Crippen molar-refractivity contribution in [3.8, 4) is 17.0 Å². The molecule has 0 atom stereocenters. The Morgan fingerprint density at radius 2 is 2.06 bits per heavy atom. The molecule has 0 amide bonds. The SMILES string of the molecule is CCOc1ccc(-c2csc(CCN)n2)cc1. The van der Waals surface area contributed by atoms with Crippen molar-refractivity contribution >= 4 is 11.3 Å². The maximum absolute atomic E-state index is 5.51. The highest BCUT2D eigenvalue weighted by molar-refractivity contribution is 7.09. The van der Waals surface area contributed by atoms with Gasteiger partial charge in [-0.25, -0.2) is 4.98 Å². The van der Waals surface area contributed by atoms with E-state index < -0.39 is 0 Å². The Balaban J connectivity index is 2.15. The lowest BCUT2D eigenvalue weighted by Gasteiger charge is -2.03. The summed E-state index contributed by atoms with van der Waals surface area (Å²) in [5, 5.41) is 3.16. The van der Waals surface area contributed by atoms with Gasteiger partial charge in [0, 0.05) is 17.4 Å². The van der Waals surface area contributed by atoms with Crippen LogP contribution in [0.2, 0.25) is 0 Å². The number of nitrogens with zero attached hydrogens (tertiary/aromatic N) is 1. The minimum atomic E-state index is 0.649. The molecule has 0 saturated heterocycles. The topological polar surface area (TPSA) is 48.1 Å². The third kappa shape index (κ3) is 3.05. The number of hydrogen-bond donors (Lipinski definition) is 1. The average molecular weight is 248 g/mol. The van der Waals surface area contributed by atoms with Gasteiger partial charge in [0.2, 0.25) is 0 Å². The monoisotopic (exact) mass is 248 g/mol. The van der Waals surface area contributed by atoms with E-state index in [-0.39, 0.29) is 0 Å². The van der Waals surface area contributed by atoms with Crippen molar-refractivity contribution in [3.63, 3.8) is 0 Å². The van der Waals surface area contributed by atoms with E-state index in [1.54, 1.807) is 11.3 Å². The number of aromatic nitrogens is 1. The van der Waals surface area contributed by atoms with Crippen LogP contribution in [0.25, 0.3) is 11.3 Å². The maximum atomic E-state index is 5.51. The van der Waals surface area contributed by atoms with Gasteiger partial charge in [-0.3, -0.25) is 0 Å². The van der Waals surface area contributed by atoms with Crippen LogP contribution in [-0.4, -0.2) is 18.1 Å². The Morgan fingerprint density at radius 1 is 1.29 bits per heavy atom. The van der Waals surface area contributed by atoms with Crippen molar-refractivity contribution in [2.24, 2.45) is 5.73 Å². The minimum Gasteiger partial charge on any atom is -0.494 e. The highest BCUT2D eigenvalue weighted by Gasteiger charge is 2.04. The molecule has 2 aromatic rings. The fraction of sp³-hybridized carbons (Fsp3) is 0.308. The van der Waals surface area contributed by atoms with Crippen LogP contribution in [0.5, 0.6) is 5.75 Å². The number of benzene rings is 1. The lowest BCUT2D eigenvalue weighted by Crippen LogP contribution is -2.01. The summed E-state index contributed by atoms with van der Waals surface area (Å²) < 4.78 is 5.41. The molecule has 2 rings (SSSR count). The van der Waals surface area contributed by atoms with Gasteiger partial charge in [-0.1, -0.05) is 0 Å². The highest BCUT2D eigenvalue weighted by atomic mass is 32.1. The fourth-order valence-electron chi connectivity index (χ4n) is 1.57. The second kappa shape index (κ2) is 5.80. The van der Waals surface area contributed by atoms with Crippen molar-refractivity contribution in [2.45, 2.75) is 13.3 Å². The quantitative estimate of drug-likeness (QED) is 0.885. The summed E-state index contributed by atoms with van der Waals surface area (Å²) in [6, 6.07) is 8.01. The molecule has 0 bridgehead atoms. The van der Waals surface area contributed by atoms with Crippen LogP contribution in [0.3, 0.4) is 0 Å². The van der Waals surface area contributed by atoms with Gasteiger partial charge in [-0.15, -0.1) is 11.3 Å². The second-order valence-electron chi connectivity index (χ2n) is 3.62. The average Bonchev–Trinajstić information content (AvgIpc) is 2.80. The molecule has 0 spiro atoms. The maximum Gasteiger partial charge on any atom is 0.119 e. The van der Waals surface area contributed by atoms with E-state index in [0.29, 0.717) is 13.2 Å². The predicted octanol–water partition coefficient (Wildman–Crippen LogP) is 2.71. The van der Waals surface area contributed by atoms with Gasteiger partial charge in [-0.05, 0) is 37.7 Å². The summed E-state index contributed by atoms with van der Waals surface area (Å²) in [5.41, 5.74) is 7.65. The third-order valence-corrected chi connectivity index (χ3v) is 3.28. The molecule has 0 aliphatic carbocycles. The van der Waals surface area contributed by atoms with E-state index in [4.69, 9.17) is 10.5 Å².